The topological polar surface area (TPSA) is 72.3 Å². The Morgan fingerprint density at radius 3 is 2.52 bits per heavy atom. The molecule has 1 unspecified atom stereocenters. The molecule has 0 amide bonds. The molecular weight excluding hydrogens is 349 g/mol. The number of rotatable bonds is 4. The van der Waals surface area contributed by atoms with Gasteiger partial charge in [-0.3, -0.25) is 4.98 Å². The Balaban J connectivity index is 1.71. The van der Waals surface area contributed by atoms with Gasteiger partial charge in [0.25, 0.3) is 0 Å². The van der Waals surface area contributed by atoms with Crippen LogP contribution < -0.4 is 5.76 Å². The molecule has 1 atom stereocenters. The minimum atomic E-state index is -0.908. The Kier molecular flexibility index (Phi) is 4.30. The molecule has 134 valence electrons. The molecular formula is C21H14FNO4. The Hall–Kier alpha value is -3.67. The molecule has 0 aliphatic carbocycles. The zero-order valence-corrected chi connectivity index (χ0v) is 14.0. The van der Waals surface area contributed by atoms with E-state index >= 15 is 0 Å². The number of halogens is 1. The quantitative estimate of drug-likeness (QED) is 0.552. The van der Waals surface area contributed by atoms with Gasteiger partial charge in [0.15, 0.2) is 11.7 Å². The standard InChI is InChI=1S/C21H14FNO4/c22-16-9-5-4-8-15(16)19(13-6-2-1-3-7-13)27-20(24)14-10-11-17-18(12-14)26-21(25)23-17/h1-12,19H,(H,23,25). The molecule has 0 aliphatic heterocycles. The van der Waals surface area contributed by atoms with Crippen molar-refractivity contribution in [1.29, 1.82) is 0 Å². The number of carbonyl (C=O) groups excluding carboxylic acids is 1. The predicted molar refractivity (Wildman–Crippen MR) is 96.9 cm³/mol. The van der Waals surface area contributed by atoms with Crippen LogP contribution >= 0.6 is 0 Å². The SMILES string of the molecule is O=C(OC(c1ccccc1)c1ccccc1F)c1ccc2[nH]c(=O)oc2c1. The van der Waals surface area contributed by atoms with E-state index in [9.17, 15) is 14.0 Å². The molecule has 1 aromatic heterocycles. The molecule has 0 bridgehead atoms. The fourth-order valence-electron chi connectivity index (χ4n) is 2.87. The van der Waals surface area contributed by atoms with Crippen LogP contribution in [-0.2, 0) is 4.74 Å². The van der Waals surface area contributed by atoms with Gasteiger partial charge in [-0.1, -0.05) is 48.5 Å². The highest BCUT2D eigenvalue weighted by molar-refractivity contribution is 5.93. The van der Waals surface area contributed by atoms with E-state index in [1.165, 1.54) is 18.2 Å². The van der Waals surface area contributed by atoms with Crippen molar-refractivity contribution in [1.82, 2.24) is 4.98 Å². The number of hydrogen-bond acceptors (Lipinski definition) is 4. The first-order valence-corrected chi connectivity index (χ1v) is 8.25. The second-order valence-corrected chi connectivity index (χ2v) is 5.94. The number of ether oxygens (including phenoxy) is 1. The molecule has 0 radical (unpaired) electrons. The average Bonchev–Trinajstić information content (AvgIpc) is 3.06. The molecule has 1 heterocycles. The van der Waals surface area contributed by atoms with E-state index in [1.54, 1.807) is 48.5 Å². The Morgan fingerprint density at radius 2 is 1.74 bits per heavy atom. The van der Waals surface area contributed by atoms with Crippen molar-refractivity contribution in [3.05, 3.63) is 106 Å². The first-order chi connectivity index (χ1) is 13.1. The molecule has 0 aliphatic rings. The van der Waals surface area contributed by atoms with Crippen LogP contribution in [0.4, 0.5) is 4.39 Å². The molecule has 4 aromatic rings. The highest BCUT2D eigenvalue weighted by Gasteiger charge is 2.23. The Bertz CT molecular complexity index is 1160. The third-order valence-corrected chi connectivity index (χ3v) is 4.17. The molecule has 6 heteroatoms. The number of oxazole rings is 1. The molecule has 4 rings (SSSR count). The Labute approximate surface area is 153 Å². The molecule has 3 aromatic carbocycles. The summed E-state index contributed by atoms with van der Waals surface area (Å²) in [7, 11) is 0. The monoisotopic (exact) mass is 363 g/mol. The van der Waals surface area contributed by atoms with Gasteiger partial charge in [0, 0.05) is 5.56 Å². The van der Waals surface area contributed by atoms with Crippen LogP contribution in [0.15, 0.2) is 82.0 Å². The summed E-state index contributed by atoms with van der Waals surface area (Å²) in [5, 5.41) is 0. The molecule has 27 heavy (non-hydrogen) atoms. The summed E-state index contributed by atoms with van der Waals surface area (Å²) in [4.78, 5) is 26.5. The van der Waals surface area contributed by atoms with Gasteiger partial charge >= 0.3 is 11.7 Å². The van der Waals surface area contributed by atoms with Gasteiger partial charge in [0.1, 0.15) is 5.82 Å². The fraction of sp³-hybridized carbons (Fsp3) is 0.0476. The third kappa shape index (κ3) is 3.37. The van der Waals surface area contributed by atoms with Gasteiger partial charge in [0.05, 0.1) is 11.1 Å². The maximum Gasteiger partial charge on any atom is 0.417 e. The lowest BCUT2D eigenvalue weighted by atomic mass is 10.0. The van der Waals surface area contributed by atoms with Gasteiger partial charge in [-0.05, 0) is 29.8 Å². The number of esters is 1. The number of fused-ring (bicyclic) bond motifs is 1. The van der Waals surface area contributed by atoms with E-state index in [0.717, 1.165) is 0 Å². The fourth-order valence-corrected chi connectivity index (χ4v) is 2.87. The second-order valence-electron chi connectivity index (χ2n) is 5.94. The second kappa shape index (κ2) is 6.92. The number of hydrogen-bond donors (Lipinski definition) is 1. The van der Waals surface area contributed by atoms with Crippen molar-refractivity contribution in [2.45, 2.75) is 6.10 Å². The molecule has 1 N–H and O–H groups in total. The van der Waals surface area contributed by atoms with Crippen LogP contribution in [0.1, 0.15) is 27.6 Å². The number of aromatic nitrogens is 1. The average molecular weight is 363 g/mol. The molecule has 5 nitrogen and oxygen atoms in total. The zero-order chi connectivity index (χ0) is 18.8. The first-order valence-electron chi connectivity index (χ1n) is 8.25. The smallest absolute Gasteiger partial charge is 0.417 e. The molecule has 0 saturated heterocycles. The predicted octanol–water partition coefficient (Wildman–Crippen LogP) is 4.21. The van der Waals surface area contributed by atoms with Gasteiger partial charge in [-0.15, -0.1) is 0 Å². The lowest BCUT2D eigenvalue weighted by Gasteiger charge is -2.19. The van der Waals surface area contributed by atoms with Gasteiger partial charge in [-0.25, -0.2) is 14.0 Å². The zero-order valence-electron chi connectivity index (χ0n) is 14.0. The van der Waals surface area contributed by atoms with Gasteiger partial charge < -0.3 is 9.15 Å². The van der Waals surface area contributed by atoms with Gasteiger partial charge in [0.2, 0.25) is 0 Å². The van der Waals surface area contributed by atoms with Crippen molar-refractivity contribution >= 4 is 17.1 Å². The number of H-pyrrole nitrogens is 1. The lowest BCUT2D eigenvalue weighted by molar-refractivity contribution is 0.0372. The van der Waals surface area contributed by atoms with Crippen LogP contribution in [0.3, 0.4) is 0 Å². The summed E-state index contributed by atoms with van der Waals surface area (Å²) in [5.74, 6) is -1.73. The van der Waals surface area contributed by atoms with Crippen LogP contribution in [0, 0.1) is 5.82 Å². The maximum absolute atomic E-state index is 14.3. The number of aromatic amines is 1. The normalized spacial score (nSPS) is 12.0. The maximum atomic E-state index is 14.3. The van der Waals surface area contributed by atoms with E-state index in [0.29, 0.717) is 11.1 Å². The number of carbonyl (C=O) groups is 1. The Morgan fingerprint density at radius 1 is 1.00 bits per heavy atom. The summed E-state index contributed by atoms with van der Waals surface area (Å²) >= 11 is 0. The van der Waals surface area contributed by atoms with Crippen LogP contribution in [0.5, 0.6) is 0 Å². The van der Waals surface area contributed by atoms with E-state index in [4.69, 9.17) is 9.15 Å². The molecule has 0 fully saturated rings. The first kappa shape index (κ1) is 16.8. The highest BCUT2D eigenvalue weighted by atomic mass is 19.1. The van der Waals surface area contributed by atoms with E-state index in [2.05, 4.69) is 4.98 Å². The summed E-state index contributed by atoms with van der Waals surface area (Å²) in [6.07, 6.45) is -0.908. The number of benzene rings is 3. The van der Waals surface area contributed by atoms with Crippen molar-refractivity contribution in [3.8, 4) is 0 Å². The van der Waals surface area contributed by atoms with Gasteiger partial charge in [-0.2, -0.15) is 0 Å². The summed E-state index contributed by atoms with van der Waals surface area (Å²) < 4.78 is 25.0. The van der Waals surface area contributed by atoms with E-state index in [-0.39, 0.29) is 16.7 Å². The van der Waals surface area contributed by atoms with Crippen molar-refractivity contribution < 1.29 is 18.3 Å². The molecule has 0 saturated carbocycles. The van der Waals surface area contributed by atoms with Crippen molar-refractivity contribution in [3.63, 3.8) is 0 Å². The van der Waals surface area contributed by atoms with E-state index in [1.807, 2.05) is 6.07 Å². The largest absolute Gasteiger partial charge is 0.449 e. The lowest BCUT2D eigenvalue weighted by Crippen LogP contribution is -2.14. The summed E-state index contributed by atoms with van der Waals surface area (Å²) in [6, 6.07) is 19.6. The van der Waals surface area contributed by atoms with E-state index < -0.39 is 23.6 Å². The third-order valence-electron chi connectivity index (χ3n) is 4.17. The van der Waals surface area contributed by atoms with Crippen molar-refractivity contribution in [2.75, 3.05) is 0 Å². The van der Waals surface area contributed by atoms with Crippen molar-refractivity contribution in [2.24, 2.45) is 0 Å². The van der Waals surface area contributed by atoms with Crippen LogP contribution in [-0.4, -0.2) is 11.0 Å². The summed E-state index contributed by atoms with van der Waals surface area (Å²) in [5.41, 5.74) is 1.82. The van der Waals surface area contributed by atoms with Crippen LogP contribution in [0.25, 0.3) is 11.1 Å². The highest BCUT2D eigenvalue weighted by Crippen LogP contribution is 2.29. The minimum Gasteiger partial charge on any atom is -0.449 e. The molecule has 0 spiro atoms. The minimum absolute atomic E-state index is 0.197. The summed E-state index contributed by atoms with van der Waals surface area (Å²) in [6.45, 7) is 0. The number of nitrogens with one attached hydrogen (secondary N) is 1. The van der Waals surface area contributed by atoms with Crippen LogP contribution in [0.2, 0.25) is 0 Å².